The van der Waals surface area contributed by atoms with Crippen molar-refractivity contribution in [3.8, 4) is 0 Å². The molecule has 6 nitrogen and oxygen atoms in total. The Hall–Kier alpha value is -1.24. The molecular formula is C6H11N3O3S. The van der Waals surface area contributed by atoms with Crippen molar-refractivity contribution < 1.29 is 13.2 Å². The summed E-state index contributed by atoms with van der Waals surface area (Å²) in [5.74, 6) is -0.0596. The Kier molecular flexibility index (Phi) is 2.21. The third kappa shape index (κ3) is 1.46. The molecule has 0 aromatic heterocycles. The van der Waals surface area contributed by atoms with Crippen molar-refractivity contribution in [2.75, 3.05) is 14.2 Å². The summed E-state index contributed by atoms with van der Waals surface area (Å²) in [6.07, 6.45) is 0. The molecule has 0 bridgehead atoms. The van der Waals surface area contributed by atoms with Crippen molar-refractivity contribution in [2.45, 2.75) is 6.92 Å². The third-order valence-corrected chi connectivity index (χ3v) is 3.19. The summed E-state index contributed by atoms with van der Waals surface area (Å²) < 4.78 is 31.6. The summed E-state index contributed by atoms with van der Waals surface area (Å²) in [5.41, 5.74) is 6.21. The van der Waals surface area contributed by atoms with Crippen molar-refractivity contribution in [1.29, 1.82) is 0 Å². The minimum absolute atomic E-state index is 0.0596. The first-order valence-corrected chi connectivity index (χ1v) is 4.89. The maximum atomic E-state index is 11.3. The molecule has 2 N–H and O–H groups in total. The van der Waals surface area contributed by atoms with Gasteiger partial charge in [0.2, 0.25) is 0 Å². The largest absolute Gasteiger partial charge is 0.479 e. The molecule has 0 spiro atoms. The molecular weight excluding hydrogens is 194 g/mol. The Labute approximate surface area is 76.9 Å². The second-order valence-electron chi connectivity index (χ2n) is 2.54. The van der Waals surface area contributed by atoms with Crippen LogP contribution in [-0.2, 0) is 14.9 Å². The van der Waals surface area contributed by atoms with Gasteiger partial charge in [0.15, 0.2) is 0 Å². The van der Waals surface area contributed by atoms with Gasteiger partial charge >= 0.3 is 10.2 Å². The van der Waals surface area contributed by atoms with Gasteiger partial charge in [0.05, 0.1) is 12.8 Å². The number of allylic oxidation sites excluding steroid dienone is 1. The average Bonchev–Trinajstić information content (AvgIpc) is 2.08. The second kappa shape index (κ2) is 2.91. The lowest BCUT2D eigenvalue weighted by Crippen LogP contribution is -2.34. The van der Waals surface area contributed by atoms with Gasteiger partial charge in [0, 0.05) is 7.05 Å². The van der Waals surface area contributed by atoms with Gasteiger partial charge in [0.1, 0.15) is 5.70 Å². The summed E-state index contributed by atoms with van der Waals surface area (Å²) in [4.78, 5) is 0. The van der Waals surface area contributed by atoms with Crippen molar-refractivity contribution in [2.24, 2.45) is 10.1 Å². The van der Waals surface area contributed by atoms with Crippen LogP contribution in [0.4, 0.5) is 0 Å². The van der Waals surface area contributed by atoms with Crippen molar-refractivity contribution in [1.82, 2.24) is 4.31 Å². The fraction of sp³-hybridized carbons (Fsp3) is 0.500. The number of nitrogens with zero attached hydrogens (tertiary/aromatic N) is 2. The zero-order valence-corrected chi connectivity index (χ0v) is 8.42. The molecule has 0 aromatic carbocycles. The summed E-state index contributed by atoms with van der Waals surface area (Å²) in [7, 11) is -0.945. The van der Waals surface area contributed by atoms with Gasteiger partial charge in [-0.25, -0.2) is 0 Å². The Balaban J connectivity index is 3.31. The van der Waals surface area contributed by atoms with E-state index in [1.54, 1.807) is 6.92 Å². The number of rotatable bonds is 0. The van der Waals surface area contributed by atoms with E-state index in [-0.39, 0.29) is 11.6 Å². The highest BCUT2D eigenvalue weighted by Gasteiger charge is 2.27. The first-order valence-electron chi connectivity index (χ1n) is 3.49. The smallest absolute Gasteiger partial charge is 0.347 e. The van der Waals surface area contributed by atoms with E-state index in [0.29, 0.717) is 5.70 Å². The van der Waals surface area contributed by atoms with Crippen molar-refractivity contribution in [3.63, 3.8) is 0 Å². The molecule has 0 amide bonds. The highest BCUT2D eigenvalue weighted by atomic mass is 32.2. The summed E-state index contributed by atoms with van der Waals surface area (Å²) in [5, 5.41) is 0. The molecule has 13 heavy (non-hydrogen) atoms. The number of ether oxygens (including phenoxy) is 1. The van der Waals surface area contributed by atoms with Gasteiger partial charge in [-0.3, -0.25) is 4.31 Å². The first-order chi connectivity index (χ1) is 5.90. The lowest BCUT2D eigenvalue weighted by atomic mass is 10.3. The van der Waals surface area contributed by atoms with Crippen LogP contribution in [0.1, 0.15) is 6.92 Å². The summed E-state index contributed by atoms with van der Waals surface area (Å²) in [6, 6.07) is 0. The number of methoxy groups -OCH3 is 1. The van der Waals surface area contributed by atoms with E-state index in [0.717, 1.165) is 4.31 Å². The van der Waals surface area contributed by atoms with Crippen LogP contribution in [0.5, 0.6) is 0 Å². The minimum Gasteiger partial charge on any atom is -0.479 e. The lowest BCUT2D eigenvalue weighted by Gasteiger charge is -2.23. The predicted octanol–water partition coefficient (Wildman–Crippen LogP) is -0.588. The maximum Gasteiger partial charge on any atom is 0.347 e. The van der Waals surface area contributed by atoms with Gasteiger partial charge in [-0.2, -0.15) is 8.42 Å². The molecule has 0 fully saturated rings. The standard InChI is InChI=1S/C6H11N3O3S/c1-4-5(7)6(12-3)8-13(10,11)9(4)2/h7H2,1-3H3. The van der Waals surface area contributed by atoms with E-state index in [1.807, 2.05) is 0 Å². The Bertz CT molecular complexity index is 382. The fourth-order valence-corrected chi connectivity index (χ4v) is 1.81. The SMILES string of the molecule is COC1=NS(=O)(=O)N(C)C(C)=C1N. The third-order valence-electron chi connectivity index (χ3n) is 1.83. The Morgan fingerprint density at radius 3 is 2.54 bits per heavy atom. The molecule has 1 heterocycles. The number of hydrogen-bond acceptors (Lipinski definition) is 4. The quantitative estimate of drug-likeness (QED) is 0.573. The fourth-order valence-electron chi connectivity index (χ4n) is 0.860. The van der Waals surface area contributed by atoms with Crippen molar-refractivity contribution in [3.05, 3.63) is 11.4 Å². The van der Waals surface area contributed by atoms with Crippen LogP contribution in [0.3, 0.4) is 0 Å². The summed E-state index contributed by atoms with van der Waals surface area (Å²) in [6.45, 7) is 1.58. The minimum atomic E-state index is -3.65. The van der Waals surface area contributed by atoms with E-state index < -0.39 is 10.2 Å². The van der Waals surface area contributed by atoms with Crippen LogP contribution in [0.2, 0.25) is 0 Å². The van der Waals surface area contributed by atoms with Gasteiger partial charge < -0.3 is 10.5 Å². The van der Waals surface area contributed by atoms with Crippen LogP contribution in [0, 0.1) is 0 Å². The van der Waals surface area contributed by atoms with Gasteiger partial charge in [-0.1, -0.05) is 0 Å². The second-order valence-corrected chi connectivity index (χ2v) is 4.17. The van der Waals surface area contributed by atoms with Crippen LogP contribution in [0.25, 0.3) is 0 Å². The molecule has 0 atom stereocenters. The van der Waals surface area contributed by atoms with Crippen molar-refractivity contribution >= 4 is 16.1 Å². The molecule has 0 saturated heterocycles. The van der Waals surface area contributed by atoms with Crippen LogP contribution in [0.15, 0.2) is 15.8 Å². The molecule has 0 aliphatic carbocycles. The molecule has 1 aliphatic heterocycles. The maximum absolute atomic E-state index is 11.3. The highest BCUT2D eigenvalue weighted by Crippen LogP contribution is 2.18. The highest BCUT2D eigenvalue weighted by molar-refractivity contribution is 7.88. The molecule has 7 heteroatoms. The van der Waals surface area contributed by atoms with Gasteiger partial charge in [0.25, 0.3) is 5.90 Å². The monoisotopic (exact) mass is 205 g/mol. The number of nitrogens with two attached hydrogens (primary N) is 1. The first kappa shape index (κ1) is 9.85. The molecule has 0 saturated carbocycles. The molecule has 0 unspecified atom stereocenters. The van der Waals surface area contributed by atoms with Crippen LogP contribution < -0.4 is 5.73 Å². The van der Waals surface area contributed by atoms with E-state index in [1.165, 1.54) is 14.2 Å². The van der Waals surface area contributed by atoms with Gasteiger partial charge in [-0.05, 0) is 6.92 Å². The molecule has 1 rings (SSSR count). The van der Waals surface area contributed by atoms with Crippen LogP contribution >= 0.6 is 0 Å². The summed E-state index contributed by atoms with van der Waals surface area (Å²) >= 11 is 0. The average molecular weight is 205 g/mol. The Morgan fingerprint density at radius 2 is 2.08 bits per heavy atom. The predicted molar refractivity (Wildman–Crippen MR) is 48.0 cm³/mol. The number of hydrogen-bond donors (Lipinski definition) is 1. The van der Waals surface area contributed by atoms with Gasteiger partial charge in [-0.15, -0.1) is 4.40 Å². The van der Waals surface area contributed by atoms with Crippen LogP contribution in [-0.4, -0.2) is 32.8 Å². The Morgan fingerprint density at radius 1 is 1.54 bits per heavy atom. The lowest BCUT2D eigenvalue weighted by molar-refractivity contribution is 0.398. The molecule has 1 aliphatic rings. The molecule has 74 valence electrons. The normalized spacial score (nSPS) is 21.5. The van der Waals surface area contributed by atoms with E-state index in [2.05, 4.69) is 4.40 Å². The van der Waals surface area contributed by atoms with E-state index in [9.17, 15) is 8.42 Å². The zero-order valence-electron chi connectivity index (χ0n) is 7.60. The van der Waals surface area contributed by atoms with E-state index in [4.69, 9.17) is 10.5 Å². The topological polar surface area (TPSA) is 85.0 Å². The molecule has 0 radical (unpaired) electrons. The van der Waals surface area contributed by atoms with E-state index >= 15 is 0 Å². The molecule has 0 aromatic rings. The zero-order chi connectivity index (χ0) is 10.2.